The SMILES string of the molecule is CCCN(C(=O)Nc1ccccc1C)C(C)c1nc2ccccc2c(=O)n1-c1cc(C)ccc1OC. The molecule has 1 unspecified atom stereocenters. The summed E-state index contributed by atoms with van der Waals surface area (Å²) in [4.78, 5) is 34.0. The van der Waals surface area contributed by atoms with Crippen LogP contribution in [0, 0.1) is 13.8 Å². The number of amides is 2. The third-order valence-corrected chi connectivity index (χ3v) is 6.33. The highest BCUT2D eigenvalue weighted by Crippen LogP contribution is 2.29. The Morgan fingerprint density at radius 1 is 1.08 bits per heavy atom. The number of benzene rings is 3. The van der Waals surface area contributed by atoms with Gasteiger partial charge in [-0.2, -0.15) is 0 Å². The molecule has 4 rings (SSSR count). The lowest BCUT2D eigenvalue weighted by molar-refractivity contribution is 0.189. The predicted octanol–water partition coefficient (Wildman–Crippen LogP) is 6.02. The summed E-state index contributed by atoms with van der Waals surface area (Å²) >= 11 is 0. The van der Waals surface area contributed by atoms with Gasteiger partial charge in [-0.25, -0.2) is 9.78 Å². The van der Waals surface area contributed by atoms with E-state index in [9.17, 15) is 9.59 Å². The lowest BCUT2D eigenvalue weighted by Crippen LogP contribution is -2.40. The van der Waals surface area contributed by atoms with Crippen LogP contribution in [-0.2, 0) is 0 Å². The second kappa shape index (κ2) is 10.6. The summed E-state index contributed by atoms with van der Waals surface area (Å²) in [7, 11) is 1.58. The Morgan fingerprint density at radius 2 is 1.81 bits per heavy atom. The fourth-order valence-electron chi connectivity index (χ4n) is 4.39. The summed E-state index contributed by atoms with van der Waals surface area (Å²) in [6, 6.07) is 19.9. The van der Waals surface area contributed by atoms with Gasteiger partial charge in [0.1, 0.15) is 11.6 Å². The number of nitrogens with zero attached hydrogens (tertiary/aromatic N) is 3. The number of para-hydroxylation sites is 2. The van der Waals surface area contributed by atoms with E-state index in [1.165, 1.54) is 0 Å². The van der Waals surface area contributed by atoms with E-state index in [-0.39, 0.29) is 11.6 Å². The van der Waals surface area contributed by atoms with Crippen molar-refractivity contribution in [3.63, 3.8) is 0 Å². The van der Waals surface area contributed by atoms with Gasteiger partial charge in [0.25, 0.3) is 5.56 Å². The first-order chi connectivity index (χ1) is 17.3. The van der Waals surface area contributed by atoms with Crippen LogP contribution in [0.3, 0.4) is 0 Å². The van der Waals surface area contributed by atoms with Crippen LogP contribution in [-0.4, -0.2) is 34.1 Å². The Balaban J connectivity index is 1.89. The van der Waals surface area contributed by atoms with Gasteiger partial charge in [-0.05, 0) is 68.7 Å². The Hall–Kier alpha value is -4.13. The molecule has 7 nitrogen and oxygen atoms in total. The maximum atomic E-state index is 13.9. The zero-order valence-corrected chi connectivity index (χ0v) is 21.4. The molecule has 0 saturated heterocycles. The zero-order chi connectivity index (χ0) is 25.8. The molecule has 0 aliphatic heterocycles. The number of ether oxygens (including phenoxy) is 1. The normalized spacial score (nSPS) is 11.8. The van der Waals surface area contributed by atoms with Crippen LogP contribution in [0.1, 0.15) is 43.3 Å². The van der Waals surface area contributed by atoms with Crippen LogP contribution in [0.5, 0.6) is 5.75 Å². The van der Waals surface area contributed by atoms with E-state index in [0.29, 0.717) is 34.7 Å². The quantitative estimate of drug-likeness (QED) is 0.348. The maximum Gasteiger partial charge on any atom is 0.322 e. The molecule has 7 heteroatoms. The number of hydrogen-bond acceptors (Lipinski definition) is 4. The van der Waals surface area contributed by atoms with Gasteiger partial charge in [0, 0.05) is 12.2 Å². The van der Waals surface area contributed by atoms with Gasteiger partial charge in [0.2, 0.25) is 0 Å². The molecular formula is C29H32N4O3. The highest BCUT2D eigenvalue weighted by atomic mass is 16.5. The highest BCUT2D eigenvalue weighted by Gasteiger charge is 2.27. The van der Waals surface area contributed by atoms with Gasteiger partial charge < -0.3 is 15.0 Å². The first-order valence-corrected chi connectivity index (χ1v) is 12.2. The molecule has 0 spiro atoms. The number of aryl methyl sites for hydroxylation is 2. The monoisotopic (exact) mass is 484 g/mol. The van der Waals surface area contributed by atoms with Crippen LogP contribution in [0.4, 0.5) is 10.5 Å². The topological polar surface area (TPSA) is 76.5 Å². The summed E-state index contributed by atoms with van der Waals surface area (Å²) in [6.45, 7) is 8.33. The van der Waals surface area contributed by atoms with Gasteiger partial charge in [0.15, 0.2) is 0 Å². The number of methoxy groups -OCH3 is 1. The van der Waals surface area contributed by atoms with Crippen molar-refractivity contribution in [2.45, 2.75) is 40.2 Å². The second-order valence-electron chi connectivity index (χ2n) is 8.92. The predicted molar refractivity (Wildman–Crippen MR) is 144 cm³/mol. The minimum atomic E-state index is -0.503. The third-order valence-electron chi connectivity index (χ3n) is 6.33. The van der Waals surface area contributed by atoms with E-state index in [2.05, 4.69) is 5.32 Å². The smallest absolute Gasteiger partial charge is 0.322 e. The first kappa shape index (κ1) is 25.0. The Bertz CT molecular complexity index is 1460. The molecule has 0 saturated carbocycles. The summed E-state index contributed by atoms with van der Waals surface area (Å²) < 4.78 is 7.21. The number of nitrogens with one attached hydrogen (secondary N) is 1. The highest BCUT2D eigenvalue weighted by molar-refractivity contribution is 5.90. The number of anilines is 1. The van der Waals surface area contributed by atoms with E-state index >= 15 is 0 Å². The summed E-state index contributed by atoms with van der Waals surface area (Å²) in [5.74, 6) is 1.02. The zero-order valence-electron chi connectivity index (χ0n) is 21.4. The van der Waals surface area contributed by atoms with E-state index in [1.807, 2.05) is 88.4 Å². The molecule has 0 aliphatic carbocycles. The third kappa shape index (κ3) is 4.82. The summed E-state index contributed by atoms with van der Waals surface area (Å²) in [5.41, 5.74) is 3.68. The van der Waals surface area contributed by atoms with E-state index in [1.54, 1.807) is 22.6 Å². The lowest BCUT2D eigenvalue weighted by Gasteiger charge is -2.31. The molecule has 1 heterocycles. The second-order valence-corrected chi connectivity index (χ2v) is 8.92. The van der Waals surface area contributed by atoms with Crippen molar-refractivity contribution in [2.75, 3.05) is 19.0 Å². The average Bonchev–Trinajstić information content (AvgIpc) is 2.88. The molecule has 1 aromatic heterocycles. The maximum absolute atomic E-state index is 13.9. The molecule has 0 bridgehead atoms. The number of carbonyl (C=O) groups is 1. The Kier molecular flexibility index (Phi) is 7.38. The molecule has 0 aliphatic rings. The largest absolute Gasteiger partial charge is 0.495 e. The van der Waals surface area contributed by atoms with Crippen molar-refractivity contribution in [3.8, 4) is 11.4 Å². The van der Waals surface area contributed by atoms with Crippen LogP contribution in [0.25, 0.3) is 16.6 Å². The number of carbonyl (C=O) groups excluding carboxylic acids is 1. The van der Waals surface area contributed by atoms with Crippen molar-refractivity contribution in [1.29, 1.82) is 0 Å². The minimum absolute atomic E-state index is 0.206. The van der Waals surface area contributed by atoms with Crippen LogP contribution in [0.2, 0.25) is 0 Å². The molecule has 0 fully saturated rings. The molecule has 3 aromatic carbocycles. The number of rotatable bonds is 7. The van der Waals surface area contributed by atoms with Gasteiger partial charge in [-0.1, -0.05) is 43.3 Å². The molecule has 1 atom stereocenters. The van der Waals surface area contributed by atoms with Crippen molar-refractivity contribution >= 4 is 22.6 Å². The molecule has 186 valence electrons. The van der Waals surface area contributed by atoms with Crippen LogP contribution in [0.15, 0.2) is 71.5 Å². The molecule has 2 amide bonds. The fraction of sp³-hybridized carbons (Fsp3) is 0.276. The van der Waals surface area contributed by atoms with Gasteiger partial charge in [-0.15, -0.1) is 0 Å². The molecule has 4 aromatic rings. The molecule has 1 N–H and O–H groups in total. The molecule has 36 heavy (non-hydrogen) atoms. The number of urea groups is 1. The number of hydrogen-bond donors (Lipinski definition) is 1. The summed E-state index contributed by atoms with van der Waals surface area (Å²) in [6.07, 6.45) is 0.747. The molecular weight excluding hydrogens is 452 g/mol. The number of fused-ring (bicyclic) bond motifs is 1. The van der Waals surface area contributed by atoms with Crippen molar-refractivity contribution in [2.24, 2.45) is 0 Å². The van der Waals surface area contributed by atoms with Crippen LogP contribution < -0.4 is 15.6 Å². The van der Waals surface area contributed by atoms with Crippen molar-refractivity contribution < 1.29 is 9.53 Å². The Morgan fingerprint density at radius 3 is 2.53 bits per heavy atom. The first-order valence-electron chi connectivity index (χ1n) is 12.2. The molecule has 0 radical (unpaired) electrons. The van der Waals surface area contributed by atoms with Gasteiger partial charge >= 0.3 is 6.03 Å². The van der Waals surface area contributed by atoms with Crippen molar-refractivity contribution in [1.82, 2.24) is 14.5 Å². The van der Waals surface area contributed by atoms with E-state index in [4.69, 9.17) is 9.72 Å². The Labute approximate surface area is 211 Å². The fourth-order valence-corrected chi connectivity index (χ4v) is 4.39. The van der Waals surface area contributed by atoms with Gasteiger partial charge in [-0.3, -0.25) is 9.36 Å². The van der Waals surface area contributed by atoms with Crippen molar-refractivity contribution in [3.05, 3.63) is 94.0 Å². The average molecular weight is 485 g/mol. The lowest BCUT2D eigenvalue weighted by atomic mass is 10.1. The minimum Gasteiger partial charge on any atom is -0.495 e. The van der Waals surface area contributed by atoms with Gasteiger partial charge in [0.05, 0.1) is 29.7 Å². The standard InChI is InChI=1S/C29H32N4O3/c1-6-17-32(29(35)31-23-13-9-7-11-20(23)3)21(4)27-30-24-14-10-8-12-22(24)28(34)33(27)25-18-19(2)15-16-26(25)36-5/h7-16,18,21H,6,17H2,1-5H3,(H,31,35). The van der Waals surface area contributed by atoms with Crippen LogP contribution >= 0.6 is 0 Å². The van der Waals surface area contributed by atoms with E-state index < -0.39 is 6.04 Å². The summed E-state index contributed by atoms with van der Waals surface area (Å²) in [5, 5.41) is 3.54. The van der Waals surface area contributed by atoms with E-state index in [0.717, 1.165) is 23.2 Å². The number of aromatic nitrogens is 2.